The first-order valence-corrected chi connectivity index (χ1v) is 8.58. The number of hydrogen-bond donors (Lipinski definition) is 0. The average molecular weight is 349 g/mol. The van der Waals surface area contributed by atoms with Crippen molar-refractivity contribution in [1.29, 1.82) is 0 Å². The monoisotopic (exact) mass is 349 g/mol. The summed E-state index contributed by atoms with van der Waals surface area (Å²) in [5.74, 6) is -0.707. The fourth-order valence-electron chi connectivity index (χ4n) is 2.62. The number of aryl methyl sites for hydroxylation is 1. The van der Waals surface area contributed by atoms with Gasteiger partial charge in [0.1, 0.15) is 12.4 Å². The number of ether oxygens (including phenoxy) is 1. The first-order valence-electron chi connectivity index (χ1n) is 8.58. The first kappa shape index (κ1) is 17.8. The SMILES string of the molecule is CCc1ccc(-c2ccc(CC(=O)OCc3cccc(F)c3)cn2)cc1. The summed E-state index contributed by atoms with van der Waals surface area (Å²) >= 11 is 0. The molecule has 132 valence electrons. The number of benzene rings is 2. The molecule has 0 atom stereocenters. The van der Waals surface area contributed by atoms with Crippen LogP contribution in [0.1, 0.15) is 23.6 Å². The van der Waals surface area contributed by atoms with E-state index >= 15 is 0 Å². The van der Waals surface area contributed by atoms with E-state index in [1.54, 1.807) is 18.3 Å². The smallest absolute Gasteiger partial charge is 0.310 e. The molecule has 4 heteroatoms. The van der Waals surface area contributed by atoms with Crippen molar-refractivity contribution < 1.29 is 13.9 Å². The molecule has 0 fully saturated rings. The number of carbonyl (C=O) groups excluding carboxylic acids is 1. The molecule has 3 aromatic rings. The third-order valence-corrected chi connectivity index (χ3v) is 4.12. The van der Waals surface area contributed by atoms with Crippen molar-refractivity contribution in [2.24, 2.45) is 0 Å². The topological polar surface area (TPSA) is 39.2 Å². The Labute approximate surface area is 152 Å². The van der Waals surface area contributed by atoms with Crippen LogP contribution in [0.3, 0.4) is 0 Å². The molecule has 0 unspecified atom stereocenters. The molecule has 0 spiro atoms. The zero-order chi connectivity index (χ0) is 18.4. The number of halogens is 1. The number of aromatic nitrogens is 1. The van der Waals surface area contributed by atoms with E-state index in [-0.39, 0.29) is 24.8 Å². The van der Waals surface area contributed by atoms with Gasteiger partial charge in [-0.1, -0.05) is 49.4 Å². The van der Waals surface area contributed by atoms with Crippen molar-refractivity contribution >= 4 is 5.97 Å². The highest BCUT2D eigenvalue weighted by Crippen LogP contribution is 2.18. The average Bonchev–Trinajstić information content (AvgIpc) is 2.67. The highest BCUT2D eigenvalue weighted by molar-refractivity contribution is 5.72. The number of rotatable bonds is 6. The van der Waals surface area contributed by atoms with Gasteiger partial charge >= 0.3 is 5.97 Å². The molecule has 3 rings (SSSR count). The first-order chi connectivity index (χ1) is 12.6. The quantitative estimate of drug-likeness (QED) is 0.604. The van der Waals surface area contributed by atoms with Crippen molar-refractivity contribution in [3.05, 3.63) is 89.4 Å². The number of pyridine rings is 1. The number of hydrogen-bond acceptors (Lipinski definition) is 3. The molecule has 26 heavy (non-hydrogen) atoms. The molecule has 0 bridgehead atoms. The summed E-state index contributed by atoms with van der Waals surface area (Å²) < 4.78 is 18.3. The Morgan fingerprint density at radius 1 is 1.00 bits per heavy atom. The van der Waals surface area contributed by atoms with Gasteiger partial charge in [-0.2, -0.15) is 0 Å². The summed E-state index contributed by atoms with van der Waals surface area (Å²) in [6.45, 7) is 2.18. The lowest BCUT2D eigenvalue weighted by Crippen LogP contribution is -2.08. The molecular formula is C22H20FNO2. The second-order valence-corrected chi connectivity index (χ2v) is 6.07. The minimum absolute atomic E-state index is 0.0614. The maximum absolute atomic E-state index is 13.1. The lowest BCUT2D eigenvalue weighted by molar-refractivity contribution is -0.144. The van der Waals surface area contributed by atoms with Gasteiger partial charge in [-0.15, -0.1) is 0 Å². The molecule has 1 aromatic heterocycles. The second kappa shape index (κ2) is 8.39. The van der Waals surface area contributed by atoms with Crippen molar-refractivity contribution in [3.63, 3.8) is 0 Å². The highest BCUT2D eigenvalue weighted by atomic mass is 19.1. The van der Waals surface area contributed by atoms with E-state index < -0.39 is 0 Å². The molecule has 0 amide bonds. The van der Waals surface area contributed by atoms with Crippen LogP contribution in [-0.2, 0) is 29.0 Å². The van der Waals surface area contributed by atoms with Gasteiger partial charge in [0.2, 0.25) is 0 Å². The fourth-order valence-corrected chi connectivity index (χ4v) is 2.62. The van der Waals surface area contributed by atoms with Crippen LogP contribution in [0.25, 0.3) is 11.3 Å². The van der Waals surface area contributed by atoms with Crippen molar-refractivity contribution in [2.75, 3.05) is 0 Å². The maximum atomic E-state index is 13.1. The van der Waals surface area contributed by atoms with E-state index in [1.807, 2.05) is 24.3 Å². The van der Waals surface area contributed by atoms with Gasteiger partial charge in [0, 0.05) is 11.8 Å². The van der Waals surface area contributed by atoms with Gasteiger partial charge in [-0.25, -0.2) is 4.39 Å². The summed E-state index contributed by atoms with van der Waals surface area (Å²) in [6.07, 6.45) is 2.83. The largest absolute Gasteiger partial charge is 0.461 e. The van der Waals surface area contributed by atoms with E-state index in [4.69, 9.17) is 4.74 Å². The Morgan fingerprint density at radius 3 is 2.42 bits per heavy atom. The van der Waals surface area contributed by atoms with Crippen LogP contribution in [0.15, 0.2) is 66.9 Å². The molecule has 1 heterocycles. The molecule has 0 aliphatic carbocycles. The molecular weight excluding hydrogens is 329 g/mol. The second-order valence-electron chi connectivity index (χ2n) is 6.07. The summed E-state index contributed by atoms with van der Waals surface area (Å²) in [7, 11) is 0. The Kier molecular flexibility index (Phi) is 5.74. The molecule has 3 nitrogen and oxygen atoms in total. The minimum atomic E-state index is -0.365. The van der Waals surface area contributed by atoms with Crippen LogP contribution in [-0.4, -0.2) is 11.0 Å². The Balaban J connectivity index is 1.57. The van der Waals surface area contributed by atoms with E-state index in [0.29, 0.717) is 5.56 Å². The van der Waals surface area contributed by atoms with Gasteiger partial charge in [0.15, 0.2) is 0 Å². The lowest BCUT2D eigenvalue weighted by Gasteiger charge is -2.06. The number of carbonyl (C=O) groups is 1. The predicted octanol–water partition coefficient (Wildman–Crippen LogP) is 4.74. The van der Waals surface area contributed by atoms with Gasteiger partial charge < -0.3 is 4.74 Å². The third kappa shape index (κ3) is 4.76. The van der Waals surface area contributed by atoms with Crippen molar-refractivity contribution in [3.8, 4) is 11.3 Å². The van der Waals surface area contributed by atoms with Crippen molar-refractivity contribution in [2.45, 2.75) is 26.4 Å². The summed E-state index contributed by atoms with van der Waals surface area (Å²) in [5.41, 5.74) is 4.60. The van der Waals surface area contributed by atoms with Crippen LogP contribution in [0, 0.1) is 5.82 Å². The lowest BCUT2D eigenvalue weighted by atomic mass is 10.1. The zero-order valence-corrected chi connectivity index (χ0v) is 14.6. The Hall–Kier alpha value is -3.01. The van der Waals surface area contributed by atoms with Gasteiger partial charge in [-0.3, -0.25) is 9.78 Å². The molecule has 0 saturated carbocycles. The molecule has 0 aliphatic rings. The molecule has 0 radical (unpaired) electrons. The minimum Gasteiger partial charge on any atom is -0.461 e. The van der Waals surface area contributed by atoms with Crippen LogP contribution in [0.2, 0.25) is 0 Å². The fraction of sp³-hybridized carbons (Fsp3) is 0.182. The van der Waals surface area contributed by atoms with Gasteiger partial charge in [0.25, 0.3) is 0 Å². The van der Waals surface area contributed by atoms with E-state index in [1.165, 1.54) is 17.7 Å². The van der Waals surface area contributed by atoms with Crippen LogP contribution in [0.4, 0.5) is 4.39 Å². The maximum Gasteiger partial charge on any atom is 0.310 e. The normalized spacial score (nSPS) is 10.5. The standard InChI is InChI=1S/C22H20FNO2/c1-2-16-6-9-19(10-7-16)21-11-8-17(14-24-21)13-22(25)26-15-18-4-3-5-20(23)12-18/h3-12,14H,2,13,15H2,1H3. The summed E-state index contributed by atoms with van der Waals surface area (Å²) in [5, 5.41) is 0. The Morgan fingerprint density at radius 2 is 1.77 bits per heavy atom. The molecule has 0 saturated heterocycles. The number of esters is 1. The molecule has 0 aliphatic heterocycles. The van der Waals surface area contributed by atoms with E-state index in [0.717, 1.165) is 23.2 Å². The highest BCUT2D eigenvalue weighted by Gasteiger charge is 2.07. The summed E-state index contributed by atoms with van der Waals surface area (Å²) in [4.78, 5) is 16.4. The van der Waals surface area contributed by atoms with E-state index in [2.05, 4.69) is 24.0 Å². The van der Waals surface area contributed by atoms with E-state index in [9.17, 15) is 9.18 Å². The predicted molar refractivity (Wildman–Crippen MR) is 99.0 cm³/mol. The van der Waals surface area contributed by atoms with Crippen LogP contribution < -0.4 is 0 Å². The molecule has 2 aromatic carbocycles. The Bertz CT molecular complexity index is 873. The van der Waals surface area contributed by atoms with Crippen LogP contribution >= 0.6 is 0 Å². The van der Waals surface area contributed by atoms with Gasteiger partial charge in [0.05, 0.1) is 12.1 Å². The summed E-state index contributed by atoms with van der Waals surface area (Å²) in [6, 6.07) is 18.1. The number of nitrogens with zero attached hydrogens (tertiary/aromatic N) is 1. The van der Waals surface area contributed by atoms with Crippen molar-refractivity contribution in [1.82, 2.24) is 4.98 Å². The van der Waals surface area contributed by atoms with Crippen LogP contribution in [0.5, 0.6) is 0 Å². The van der Waals surface area contributed by atoms with Gasteiger partial charge in [-0.05, 0) is 41.3 Å². The zero-order valence-electron chi connectivity index (χ0n) is 14.6. The third-order valence-electron chi connectivity index (χ3n) is 4.12. The molecule has 0 N–H and O–H groups in total.